The van der Waals surface area contributed by atoms with Crippen LogP contribution in [0.15, 0.2) is 65.3 Å². The SMILES string of the molecule is CCOC(=O)[C@@](CC)(CCOCCOCCOCCNc1ccc([N+](=O)[O-])c2nonc12)NC(=O)OCC1c2ccccc2-c2ccccc21. The number of benzene rings is 3. The van der Waals surface area contributed by atoms with Gasteiger partial charge in [-0.15, -0.1) is 0 Å². The molecule has 0 bridgehead atoms. The number of rotatable bonds is 20. The molecule has 1 aliphatic carbocycles. The zero-order valence-corrected chi connectivity index (χ0v) is 28.1. The highest BCUT2D eigenvalue weighted by Crippen LogP contribution is 2.44. The van der Waals surface area contributed by atoms with E-state index < -0.39 is 22.5 Å². The first kappa shape index (κ1) is 36.2. The number of fused-ring (bicyclic) bond motifs is 4. The number of amides is 1. The molecule has 0 saturated heterocycles. The molecule has 0 fully saturated rings. The standard InChI is InChI=1S/C35H41N5O10/c1-3-35(33(41)48-4-2,37-34(42)49-23-28-26-11-7-5-9-24(26)25-10-6-8-12-27(25)28)15-17-45-19-21-47-22-20-46-18-16-36-29-13-14-30(40(43)44)32-31(29)38-50-39-32/h5-14,28,36H,3-4,15-23H2,1-2H3,(H,37,42)/t35-/m1/s1. The number of non-ortho nitro benzene ring substituents is 1. The van der Waals surface area contributed by atoms with E-state index in [1.807, 2.05) is 36.4 Å². The molecule has 5 rings (SSSR count). The van der Waals surface area contributed by atoms with E-state index in [1.165, 1.54) is 6.07 Å². The number of hydrogen-bond donors (Lipinski definition) is 2. The van der Waals surface area contributed by atoms with E-state index in [0.717, 1.165) is 22.3 Å². The molecule has 50 heavy (non-hydrogen) atoms. The number of nitro benzene ring substituents is 1. The Hall–Kier alpha value is -5.12. The summed E-state index contributed by atoms with van der Waals surface area (Å²) in [6.45, 7) is 6.03. The number of ether oxygens (including phenoxy) is 5. The van der Waals surface area contributed by atoms with E-state index in [4.69, 9.17) is 23.7 Å². The summed E-state index contributed by atoms with van der Waals surface area (Å²) in [4.78, 5) is 36.8. The minimum Gasteiger partial charge on any atom is -0.464 e. The van der Waals surface area contributed by atoms with Crippen LogP contribution in [0.2, 0.25) is 0 Å². The number of aromatic nitrogens is 2. The maximum absolute atomic E-state index is 13.1. The van der Waals surface area contributed by atoms with Crippen LogP contribution in [0, 0.1) is 10.1 Å². The van der Waals surface area contributed by atoms with E-state index >= 15 is 0 Å². The molecule has 1 atom stereocenters. The Labute approximate surface area is 288 Å². The molecule has 0 spiro atoms. The lowest BCUT2D eigenvalue weighted by atomic mass is 9.92. The summed E-state index contributed by atoms with van der Waals surface area (Å²) < 4.78 is 32.6. The van der Waals surface area contributed by atoms with Crippen molar-refractivity contribution in [2.75, 3.05) is 64.7 Å². The average molecular weight is 692 g/mol. The van der Waals surface area contributed by atoms with Gasteiger partial charge in [0.25, 0.3) is 0 Å². The number of carbonyl (C=O) groups is 2. The van der Waals surface area contributed by atoms with E-state index in [9.17, 15) is 19.7 Å². The molecule has 1 aliphatic rings. The lowest BCUT2D eigenvalue weighted by molar-refractivity contribution is -0.383. The fraction of sp³-hybridized carbons (Fsp3) is 0.429. The Morgan fingerprint density at radius 1 is 0.840 bits per heavy atom. The first-order valence-corrected chi connectivity index (χ1v) is 16.6. The summed E-state index contributed by atoms with van der Waals surface area (Å²) in [6.07, 6.45) is -0.225. The molecule has 0 unspecified atom stereocenters. The monoisotopic (exact) mass is 691 g/mol. The van der Waals surface area contributed by atoms with Gasteiger partial charge in [-0.25, -0.2) is 14.2 Å². The van der Waals surface area contributed by atoms with Crippen LogP contribution in [-0.4, -0.2) is 92.2 Å². The van der Waals surface area contributed by atoms with Gasteiger partial charge in [-0.2, -0.15) is 0 Å². The van der Waals surface area contributed by atoms with Gasteiger partial charge < -0.3 is 34.3 Å². The fourth-order valence-electron chi connectivity index (χ4n) is 5.91. The summed E-state index contributed by atoms with van der Waals surface area (Å²) in [5.41, 5.74) is 3.85. The normalized spacial score (nSPS) is 13.3. The number of nitro groups is 1. The van der Waals surface area contributed by atoms with Crippen molar-refractivity contribution in [3.8, 4) is 11.1 Å². The van der Waals surface area contributed by atoms with Crippen LogP contribution in [0.25, 0.3) is 22.2 Å². The second kappa shape index (κ2) is 17.5. The van der Waals surface area contributed by atoms with Crippen LogP contribution >= 0.6 is 0 Å². The van der Waals surface area contributed by atoms with Crippen LogP contribution in [0.5, 0.6) is 0 Å². The lowest BCUT2D eigenvalue weighted by Gasteiger charge is -2.31. The van der Waals surface area contributed by atoms with E-state index in [0.29, 0.717) is 38.7 Å². The summed E-state index contributed by atoms with van der Waals surface area (Å²) in [6, 6.07) is 19.0. The second-order valence-electron chi connectivity index (χ2n) is 11.5. The van der Waals surface area contributed by atoms with Crippen molar-refractivity contribution >= 4 is 34.5 Å². The third kappa shape index (κ3) is 8.53. The van der Waals surface area contributed by atoms with Crippen LogP contribution < -0.4 is 10.6 Å². The molecule has 1 heterocycles. The number of esters is 1. The number of nitrogens with zero attached hydrogens (tertiary/aromatic N) is 3. The first-order valence-electron chi connectivity index (χ1n) is 16.6. The van der Waals surface area contributed by atoms with Gasteiger partial charge in [-0.1, -0.05) is 55.5 Å². The van der Waals surface area contributed by atoms with Gasteiger partial charge in [0.1, 0.15) is 12.1 Å². The summed E-state index contributed by atoms with van der Waals surface area (Å²) >= 11 is 0. The lowest BCUT2D eigenvalue weighted by Crippen LogP contribution is -2.56. The molecule has 266 valence electrons. The van der Waals surface area contributed by atoms with Gasteiger partial charge in [0.2, 0.25) is 5.52 Å². The van der Waals surface area contributed by atoms with Gasteiger partial charge in [-0.05, 0) is 52.0 Å². The van der Waals surface area contributed by atoms with Crippen LogP contribution in [0.4, 0.5) is 16.2 Å². The van der Waals surface area contributed by atoms with Gasteiger partial charge in [0.15, 0.2) is 5.52 Å². The van der Waals surface area contributed by atoms with Gasteiger partial charge in [-0.3, -0.25) is 10.1 Å². The second-order valence-corrected chi connectivity index (χ2v) is 11.5. The maximum Gasteiger partial charge on any atom is 0.408 e. The van der Waals surface area contributed by atoms with Crippen molar-refractivity contribution in [2.45, 2.75) is 38.1 Å². The number of nitrogens with one attached hydrogen (secondary N) is 2. The van der Waals surface area contributed by atoms with Gasteiger partial charge >= 0.3 is 17.7 Å². The molecule has 2 N–H and O–H groups in total. The quantitative estimate of drug-likeness (QED) is 0.0531. The Bertz CT molecular complexity index is 1720. The van der Waals surface area contributed by atoms with Crippen molar-refractivity contribution in [1.82, 2.24) is 15.6 Å². The average Bonchev–Trinajstić information content (AvgIpc) is 3.74. The first-order chi connectivity index (χ1) is 24.4. The maximum atomic E-state index is 13.1. The Kier molecular flexibility index (Phi) is 12.7. The third-order valence-electron chi connectivity index (χ3n) is 8.52. The molecule has 15 heteroatoms. The van der Waals surface area contributed by atoms with E-state index in [-0.39, 0.29) is 61.9 Å². The van der Waals surface area contributed by atoms with Crippen LogP contribution in [-0.2, 0) is 28.5 Å². The van der Waals surface area contributed by atoms with Crippen molar-refractivity contribution in [3.63, 3.8) is 0 Å². The summed E-state index contributed by atoms with van der Waals surface area (Å²) in [5.74, 6) is -0.651. The molecule has 1 amide bonds. The molecular weight excluding hydrogens is 650 g/mol. The van der Waals surface area contributed by atoms with Crippen molar-refractivity contribution < 1.29 is 42.8 Å². The molecule has 15 nitrogen and oxygen atoms in total. The number of hydrogen-bond acceptors (Lipinski definition) is 13. The molecule has 0 aliphatic heterocycles. The van der Waals surface area contributed by atoms with E-state index in [1.54, 1.807) is 19.9 Å². The predicted molar refractivity (Wildman–Crippen MR) is 182 cm³/mol. The van der Waals surface area contributed by atoms with Crippen molar-refractivity contribution in [3.05, 3.63) is 81.9 Å². The Balaban J connectivity index is 0.992. The fourth-order valence-corrected chi connectivity index (χ4v) is 5.91. The van der Waals surface area contributed by atoms with Gasteiger partial charge in [0, 0.05) is 31.6 Å². The van der Waals surface area contributed by atoms with Crippen molar-refractivity contribution in [1.29, 1.82) is 0 Å². The zero-order chi connectivity index (χ0) is 35.3. The minimum atomic E-state index is -1.31. The molecular formula is C35H41N5O10. The predicted octanol–water partition coefficient (Wildman–Crippen LogP) is 5.23. The third-order valence-corrected chi connectivity index (χ3v) is 8.52. The smallest absolute Gasteiger partial charge is 0.408 e. The number of carbonyl (C=O) groups excluding carboxylic acids is 2. The molecule has 0 saturated carbocycles. The zero-order valence-electron chi connectivity index (χ0n) is 28.1. The van der Waals surface area contributed by atoms with Gasteiger partial charge in [0.05, 0.1) is 50.3 Å². The highest BCUT2D eigenvalue weighted by molar-refractivity contribution is 5.93. The minimum absolute atomic E-state index is 0.0738. The Morgan fingerprint density at radius 2 is 1.46 bits per heavy atom. The largest absolute Gasteiger partial charge is 0.464 e. The summed E-state index contributed by atoms with van der Waals surface area (Å²) in [7, 11) is 0. The van der Waals surface area contributed by atoms with Crippen LogP contribution in [0.1, 0.15) is 43.7 Å². The topological polar surface area (TPSA) is 186 Å². The number of anilines is 1. The van der Waals surface area contributed by atoms with E-state index in [2.05, 4.69) is 37.7 Å². The summed E-state index contributed by atoms with van der Waals surface area (Å²) in [5, 5.41) is 24.4. The molecule has 4 aromatic rings. The Morgan fingerprint density at radius 3 is 2.10 bits per heavy atom. The molecule has 0 radical (unpaired) electrons. The highest BCUT2D eigenvalue weighted by atomic mass is 16.6. The molecule has 1 aromatic heterocycles. The highest BCUT2D eigenvalue weighted by Gasteiger charge is 2.40. The van der Waals surface area contributed by atoms with Crippen LogP contribution in [0.3, 0.4) is 0 Å². The molecule has 3 aromatic carbocycles. The van der Waals surface area contributed by atoms with Crippen molar-refractivity contribution in [2.24, 2.45) is 0 Å². The number of alkyl carbamates (subject to hydrolysis) is 1.